The Labute approximate surface area is 162 Å². The molecule has 1 heterocycles. The van der Waals surface area contributed by atoms with Crippen molar-refractivity contribution in [2.24, 2.45) is 0 Å². The van der Waals surface area contributed by atoms with Gasteiger partial charge in [-0.05, 0) is 48.2 Å². The molecule has 2 aromatic rings. The maximum absolute atomic E-state index is 12.6. The maximum atomic E-state index is 12.6. The highest BCUT2D eigenvalue weighted by atomic mass is 35.5. The summed E-state index contributed by atoms with van der Waals surface area (Å²) in [5, 5.41) is 7.23. The normalized spacial score (nSPS) is 17.0. The lowest BCUT2D eigenvalue weighted by molar-refractivity contribution is -0.125. The van der Waals surface area contributed by atoms with E-state index in [0.29, 0.717) is 16.5 Å². The summed E-state index contributed by atoms with van der Waals surface area (Å²) in [6.07, 6.45) is 2.45. The van der Waals surface area contributed by atoms with E-state index in [2.05, 4.69) is 10.6 Å². The molecule has 26 heavy (non-hydrogen) atoms. The van der Waals surface area contributed by atoms with E-state index in [1.54, 1.807) is 24.3 Å². The Morgan fingerprint density at radius 2 is 1.58 bits per heavy atom. The zero-order chi connectivity index (χ0) is 18.5. The first-order valence-corrected chi connectivity index (χ1v) is 9.36. The van der Waals surface area contributed by atoms with E-state index in [1.165, 1.54) is 0 Å². The van der Waals surface area contributed by atoms with Crippen LogP contribution in [0.1, 0.15) is 42.9 Å². The second-order valence-electron chi connectivity index (χ2n) is 6.46. The van der Waals surface area contributed by atoms with E-state index in [9.17, 15) is 9.59 Å². The first-order chi connectivity index (χ1) is 12.5. The van der Waals surface area contributed by atoms with E-state index < -0.39 is 0 Å². The van der Waals surface area contributed by atoms with Gasteiger partial charge in [-0.2, -0.15) is 0 Å². The molecule has 0 aliphatic carbocycles. The lowest BCUT2D eigenvalue weighted by Crippen LogP contribution is -2.42. The summed E-state index contributed by atoms with van der Waals surface area (Å²) in [6.45, 7) is 0. The van der Waals surface area contributed by atoms with Gasteiger partial charge in [-0.15, -0.1) is 0 Å². The molecule has 136 valence electrons. The number of nitrogens with one attached hydrogen (secondary N) is 2. The molecular weight excluding hydrogens is 371 g/mol. The van der Waals surface area contributed by atoms with E-state index in [1.807, 2.05) is 24.3 Å². The summed E-state index contributed by atoms with van der Waals surface area (Å²) in [4.78, 5) is 24.1. The van der Waals surface area contributed by atoms with Gasteiger partial charge >= 0.3 is 0 Å². The smallest absolute Gasteiger partial charge is 0.222 e. The van der Waals surface area contributed by atoms with Crippen molar-refractivity contribution in [3.63, 3.8) is 0 Å². The molecule has 0 spiro atoms. The SMILES string of the molecule is O=C1CCCC(CC(=O)NC(c2ccc(Cl)cc2)c2ccc(Cl)cc2)N1. The predicted octanol–water partition coefficient (Wildman–Crippen LogP) is 4.26. The van der Waals surface area contributed by atoms with Gasteiger partial charge < -0.3 is 10.6 Å². The lowest BCUT2D eigenvalue weighted by Gasteiger charge is -2.25. The number of benzene rings is 2. The zero-order valence-electron chi connectivity index (χ0n) is 14.2. The minimum atomic E-state index is -0.309. The highest BCUT2D eigenvalue weighted by molar-refractivity contribution is 6.30. The van der Waals surface area contributed by atoms with E-state index in [-0.39, 0.29) is 30.3 Å². The molecule has 1 aliphatic heterocycles. The standard InChI is InChI=1S/C20H20Cl2N2O2/c21-15-8-4-13(5-9-15)20(14-6-10-16(22)11-7-14)24-19(26)12-17-2-1-3-18(25)23-17/h4-11,17,20H,1-3,12H2,(H,23,25)(H,24,26). The number of halogens is 2. The average molecular weight is 391 g/mol. The number of amides is 2. The van der Waals surface area contributed by atoms with Crippen molar-refractivity contribution in [1.29, 1.82) is 0 Å². The fourth-order valence-electron chi connectivity index (χ4n) is 3.15. The number of carbonyl (C=O) groups excluding carboxylic acids is 2. The third kappa shape index (κ3) is 4.99. The summed E-state index contributed by atoms with van der Waals surface area (Å²) >= 11 is 12.0. The minimum absolute atomic E-state index is 0.0148. The molecular formula is C20H20Cl2N2O2. The van der Waals surface area contributed by atoms with Crippen molar-refractivity contribution >= 4 is 35.0 Å². The van der Waals surface area contributed by atoms with Crippen molar-refractivity contribution < 1.29 is 9.59 Å². The summed E-state index contributed by atoms with van der Waals surface area (Å²) in [5.74, 6) is -0.0897. The minimum Gasteiger partial charge on any atom is -0.353 e. The number of carbonyl (C=O) groups is 2. The second kappa shape index (κ2) is 8.56. The van der Waals surface area contributed by atoms with Crippen LogP contribution in [0.3, 0.4) is 0 Å². The Morgan fingerprint density at radius 1 is 1.04 bits per heavy atom. The van der Waals surface area contributed by atoms with Crippen molar-refractivity contribution in [1.82, 2.24) is 10.6 Å². The molecule has 0 saturated carbocycles. The van der Waals surface area contributed by atoms with Crippen LogP contribution in [0.5, 0.6) is 0 Å². The van der Waals surface area contributed by atoms with E-state index >= 15 is 0 Å². The summed E-state index contributed by atoms with van der Waals surface area (Å²) < 4.78 is 0. The van der Waals surface area contributed by atoms with Crippen molar-refractivity contribution in [2.75, 3.05) is 0 Å². The Hall–Kier alpha value is -2.04. The van der Waals surface area contributed by atoms with E-state index in [4.69, 9.17) is 23.2 Å². The van der Waals surface area contributed by atoms with Gasteiger partial charge in [-0.1, -0.05) is 47.5 Å². The first-order valence-electron chi connectivity index (χ1n) is 8.61. The van der Waals surface area contributed by atoms with Crippen molar-refractivity contribution in [3.05, 3.63) is 69.7 Å². The van der Waals surface area contributed by atoms with Crippen LogP contribution < -0.4 is 10.6 Å². The van der Waals surface area contributed by atoms with Gasteiger partial charge in [-0.25, -0.2) is 0 Å². The summed E-state index contributed by atoms with van der Waals surface area (Å²) in [7, 11) is 0. The lowest BCUT2D eigenvalue weighted by atomic mass is 9.97. The van der Waals surface area contributed by atoms with Crippen LogP contribution in [0, 0.1) is 0 Å². The molecule has 3 rings (SSSR count). The van der Waals surface area contributed by atoms with Crippen molar-refractivity contribution in [3.8, 4) is 0 Å². The molecule has 1 saturated heterocycles. The molecule has 2 amide bonds. The molecule has 2 aromatic carbocycles. The molecule has 1 aliphatic rings. The third-order valence-corrected chi connectivity index (χ3v) is 4.97. The van der Waals surface area contributed by atoms with Crippen LogP contribution in [-0.4, -0.2) is 17.9 Å². The molecule has 6 heteroatoms. The fourth-order valence-corrected chi connectivity index (χ4v) is 3.40. The topological polar surface area (TPSA) is 58.2 Å². The van der Waals surface area contributed by atoms with Gasteiger partial charge in [-0.3, -0.25) is 9.59 Å². The zero-order valence-corrected chi connectivity index (χ0v) is 15.7. The average Bonchev–Trinajstić information content (AvgIpc) is 2.61. The number of rotatable bonds is 5. The summed E-state index contributed by atoms with van der Waals surface area (Å²) in [6, 6.07) is 14.4. The monoisotopic (exact) mass is 390 g/mol. The molecule has 0 radical (unpaired) electrons. The van der Waals surface area contributed by atoms with E-state index in [0.717, 1.165) is 24.0 Å². The Balaban J connectivity index is 1.76. The maximum Gasteiger partial charge on any atom is 0.222 e. The van der Waals surface area contributed by atoms with Crippen molar-refractivity contribution in [2.45, 2.75) is 37.8 Å². The van der Waals surface area contributed by atoms with Gasteiger partial charge in [0, 0.05) is 28.9 Å². The number of hydrogen-bond acceptors (Lipinski definition) is 2. The summed E-state index contributed by atoms with van der Waals surface area (Å²) in [5.41, 5.74) is 1.86. The number of hydrogen-bond donors (Lipinski definition) is 2. The molecule has 0 aromatic heterocycles. The van der Waals surface area contributed by atoms with Crippen LogP contribution in [0.15, 0.2) is 48.5 Å². The van der Waals surface area contributed by atoms with Gasteiger partial charge in [0.05, 0.1) is 6.04 Å². The van der Waals surface area contributed by atoms with Crippen LogP contribution >= 0.6 is 23.2 Å². The Kier molecular flexibility index (Phi) is 6.17. The highest BCUT2D eigenvalue weighted by Gasteiger charge is 2.23. The molecule has 0 bridgehead atoms. The van der Waals surface area contributed by atoms with Gasteiger partial charge in [0.2, 0.25) is 11.8 Å². The van der Waals surface area contributed by atoms with Gasteiger partial charge in [0.25, 0.3) is 0 Å². The van der Waals surface area contributed by atoms with Crippen LogP contribution in [0.2, 0.25) is 10.0 Å². The quantitative estimate of drug-likeness (QED) is 0.800. The molecule has 1 atom stereocenters. The fraction of sp³-hybridized carbons (Fsp3) is 0.300. The van der Waals surface area contributed by atoms with Crippen LogP contribution in [-0.2, 0) is 9.59 Å². The van der Waals surface area contributed by atoms with Gasteiger partial charge in [0.1, 0.15) is 0 Å². The van der Waals surface area contributed by atoms with Crippen LogP contribution in [0.25, 0.3) is 0 Å². The second-order valence-corrected chi connectivity index (χ2v) is 7.34. The Bertz CT molecular complexity index is 730. The molecule has 1 fully saturated rings. The first kappa shape index (κ1) is 18.7. The highest BCUT2D eigenvalue weighted by Crippen LogP contribution is 2.25. The Morgan fingerprint density at radius 3 is 2.08 bits per heavy atom. The molecule has 4 nitrogen and oxygen atoms in total. The molecule has 2 N–H and O–H groups in total. The third-order valence-electron chi connectivity index (χ3n) is 4.47. The van der Waals surface area contributed by atoms with Crippen LogP contribution in [0.4, 0.5) is 0 Å². The predicted molar refractivity (Wildman–Crippen MR) is 103 cm³/mol. The number of piperidine rings is 1. The largest absolute Gasteiger partial charge is 0.353 e. The van der Waals surface area contributed by atoms with Gasteiger partial charge in [0.15, 0.2) is 0 Å². The molecule has 1 unspecified atom stereocenters.